The van der Waals surface area contributed by atoms with Crippen LogP contribution in [-0.4, -0.2) is 39.7 Å². The van der Waals surface area contributed by atoms with E-state index in [4.69, 9.17) is 5.10 Å². The molecule has 0 radical (unpaired) electrons. The fourth-order valence-corrected chi connectivity index (χ4v) is 3.85. The summed E-state index contributed by atoms with van der Waals surface area (Å²) in [5.74, 6) is 0.310. The van der Waals surface area contributed by atoms with Crippen LogP contribution in [0.1, 0.15) is 56.5 Å². The molecule has 7 nitrogen and oxygen atoms in total. The molecular weight excluding hydrogens is 438 g/mol. The minimum absolute atomic E-state index is 0.0611. The van der Waals surface area contributed by atoms with Crippen LogP contribution in [0, 0.1) is 20.8 Å². The normalized spacial score (nSPS) is 11.3. The lowest BCUT2D eigenvalue weighted by atomic mass is 9.92. The van der Waals surface area contributed by atoms with Crippen LogP contribution in [0.4, 0.5) is 16.3 Å². The molecule has 0 atom stereocenters. The summed E-state index contributed by atoms with van der Waals surface area (Å²) in [5, 5.41) is 10.7. The van der Waals surface area contributed by atoms with Crippen molar-refractivity contribution in [3.8, 4) is 5.69 Å². The van der Waals surface area contributed by atoms with E-state index in [0.29, 0.717) is 12.4 Å². The van der Waals surface area contributed by atoms with Gasteiger partial charge in [-0.3, -0.25) is 4.79 Å². The standard InChI is InChI=1S/C28H37N5O2/c1-8-15-32(27(35)29-22-14-13-19(2)16-21(22)4)18-26(34)30-25-17-24(28(5,6)7)31-33(25)23-12-10-9-11-20(23)3/h9-14,16-17H,8,15,18H2,1-7H3,(H,29,35)(H,30,34). The van der Waals surface area contributed by atoms with Crippen LogP contribution in [0.3, 0.4) is 0 Å². The molecule has 7 heteroatoms. The van der Waals surface area contributed by atoms with Crippen molar-refractivity contribution in [3.63, 3.8) is 0 Å². The molecule has 186 valence electrons. The van der Waals surface area contributed by atoms with Crippen LogP contribution in [0.15, 0.2) is 48.5 Å². The average Bonchev–Trinajstić information content (AvgIpc) is 3.19. The Balaban J connectivity index is 1.81. The summed E-state index contributed by atoms with van der Waals surface area (Å²) in [4.78, 5) is 27.7. The maximum atomic E-state index is 13.1. The van der Waals surface area contributed by atoms with Gasteiger partial charge in [0.25, 0.3) is 0 Å². The molecule has 3 aromatic rings. The van der Waals surface area contributed by atoms with Gasteiger partial charge in [-0.15, -0.1) is 0 Å². The van der Waals surface area contributed by atoms with Gasteiger partial charge < -0.3 is 15.5 Å². The number of benzene rings is 2. The first kappa shape index (κ1) is 26.0. The number of carbonyl (C=O) groups excluding carboxylic acids is 2. The second kappa shape index (κ2) is 10.8. The molecule has 2 N–H and O–H groups in total. The van der Waals surface area contributed by atoms with E-state index in [0.717, 1.165) is 40.2 Å². The number of urea groups is 1. The van der Waals surface area contributed by atoms with Crippen molar-refractivity contribution >= 4 is 23.4 Å². The second-order valence-corrected chi connectivity index (χ2v) is 10.1. The first-order chi connectivity index (χ1) is 16.5. The monoisotopic (exact) mass is 475 g/mol. The topological polar surface area (TPSA) is 79.3 Å². The number of rotatable bonds is 7. The predicted octanol–water partition coefficient (Wildman–Crippen LogP) is 5.98. The Kier molecular flexibility index (Phi) is 7.99. The molecule has 1 aromatic heterocycles. The van der Waals surface area contributed by atoms with E-state index in [1.165, 1.54) is 4.90 Å². The number of para-hydroxylation sites is 1. The molecule has 3 amide bonds. The lowest BCUT2D eigenvalue weighted by molar-refractivity contribution is -0.116. The van der Waals surface area contributed by atoms with Gasteiger partial charge in [0.2, 0.25) is 5.91 Å². The van der Waals surface area contributed by atoms with E-state index in [1.807, 2.05) is 76.2 Å². The fraction of sp³-hybridized carbons (Fsp3) is 0.393. The molecule has 0 unspecified atom stereocenters. The number of hydrogen-bond donors (Lipinski definition) is 2. The molecule has 0 saturated carbocycles. The lowest BCUT2D eigenvalue weighted by Crippen LogP contribution is -2.41. The van der Waals surface area contributed by atoms with Gasteiger partial charge in [0, 0.05) is 23.7 Å². The van der Waals surface area contributed by atoms with Gasteiger partial charge >= 0.3 is 6.03 Å². The molecule has 35 heavy (non-hydrogen) atoms. The highest BCUT2D eigenvalue weighted by atomic mass is 16.2. The zero-order valence-corrected chi connectivity index (χ0v) is 21.9. The van der Waals surface area contributed by atoms with Crippen LogP contribution in [0.5, 0.6) is 0 Å². The summed E-state index contributed by atoms with van der Waals surface area (Å²) in [5.41, 5.74) is 5.49. The number of aromatic nitrogens is 2. The smallest absolute Gasteiger partial charge is 0.315 e. The van der Waals surface area contributed by atoms with E-state index in [1.54, 1.807) is 4.68 Å². The van der Waals surface area contributed by atoms with Crippen molar-refractivity contribution in [1.82, 2.24) is 14.7 Å². The Hall–Kier alpha value is -3.61. The van der Waals surface area contributed by atoms with Crippen LogP contribution >= 0.6 is 0 Å². The molecular formula is C28H37N5O2. The molecule has 1 heterocycles. The van der Waals surface area contributed by atoms with E-state index in [-0.39, 0.29) is 23.9 Å². The number of hydrogen-bond acceptors (Lipinski definition) is 3. The van der Waals surface area contributed by atoms with Crippen molar-refractivity contribution < 1.29 is 9.59 Å². The van der Waals surface area contributed by atoms with Crippen molar-refractivity contribution in [2.75, 3.05) is 23.7 Å². The zero-order chi connectivity index (χ0) is 25.8. The Morgan fingerprint density at radius 1 is 0.971 bits per heavy atom. The fourth-order valence-electron chi connectivity index (χ4n) is 3.85. The van der Waals surface area contributed by atoms with Gasteiger partial charge in [0.15, 0.2) is 0 Å². The summed E-state index contributed by atoms with van der Waals surface area (Å²) in [7, 11) is 0. The minimum atomic E-state index is -0.295. The maximum Gasteiger partial charge on any atom is 0.322 e. The summed E-state index contributed by atoms with van der Waals surface area (Å²) >= 11 is 0. The lowest BCUT2D eigenvalue weighted by Gasteiger charge is -2.23. The summed E-state index contributed by atoms with van der Waals surface area (Å²) in [6.07, 6.45) is 0.739. The molecule has 2 aromatic carbocycles. The summed E-state index contributed by atoms with van der Waals surface area (Å²) in [6, 6.07) is 15.4. The number of nitrogens with one attached hydrogen (secondary N) is 2. The van der Waals surface area contributed by atoms with Crippen molar-refractivity contribution in [2.45, 2.75) is 60.3 Å². The number of anilines is 2. The third kappa shape index (κ3) is 6.50. The first-order valence-corrected chi connectivity index (χ1v) is 12.1. The number of nitrogens with zero attached hydrogens (tertiary/aromatic N) is 3. The number of carbonyl (C=O) groups is 2. The van der Waals surface area contributed by atoms with Gasteiger partial charge in [-0.05, 0) is 50.5 Å². The van der Waals surface area contributed by atoms with Crippen molar-refractivity contribution in [1.29, 1.82) is 0 Å². The van der Waals surface area contributed by atoms with Crippen molar-refractivity contribution in [2.24, 2.45) is 0 Å². The van der Waals surface area contributed by atoms with E-state index < -0.39 is 0 Å². The van der Waals surface area contributed by atoms with Crippen LogP contribution < -0.4 is 10.6 Å². The second-order valence-electron chi connectivity index (χ2n) is 10.1. The van der Waals surface area contributed by atoms with Gasteiger partial charge in [-0.2, -0.15) is 5.10 Å². The minimum Gasteiger partial charge on any atom is -0.315 e. The van der Waals surface area contributed by atoms with Gasteiger partial charge in [-0.25, -0.2) is 9.48 Å². The zero-order valence-electron chi connectivity index (χ0n) is 21.9. The Bertz CT molecular complexity index is 1210. The average molecular weight is 476 g/mol. The number of aryl methyl sites for hydroxylation is 3. The SMILES string of the molecule is CCCN(CC(=O)Nc1cc(C(C)(C)C)nn1-c1ccccc1C)C(=O)Nc1ccc(C)cc1C. The number of amides is 3. The molecule has 0 spiro atoms. The molecule has 3 rings (SSSR count). The molecule has 0 aliphatic carbocycles. The molecule has 0 fully saturated rings. The predicted molar refractivity (Wildman–Crippen MR) is 142 cm³/mol. The van der Waals surface area contributed by atoms with E-state index in [9.17, 15) is 9.59 Å². The Morgan fingerprint density at radius 2 is 1.69 bits per heavy atom. The van der Waals surface area contributed by atoms with Gasteiger partial charge in [0.1, 0.15) is 12.4 Å². The van der Waals surface area contributed by atoms with Crippen LogP contribution in [0.25, 0.3) is 5.69 Å². The first-order valence-electron chi connectivity index (χ1n) is 12.1. The quantitative estimate of drug-likeness (QED) is 0.441. The summed E-state index contributed by atoms with van der Waals surface area (Å²) in [6.45, 7) is 14.6. The van der Waals surface area contributed by atoms with E-state index in [2.05, 4.69) is 31.4 Å². The highest BCUT2D eigenvalue weighted by Crippen LogP contribution is 2.27. The highest BCUT2D eigenvalue weighted by Gasteiger charge is 2.23. The Morgan fingerprint density at radius 3 is 2.31 bits per heavy atom. The van der Waals surface area contributed by atoms with Crippen LogP contribution in [0.2, 0.25) is 0 Å². The molecule has 0 aliphatic heterocycles. The van der Waals surface area contributed by atoms with Gasteiger partial charge in [0.05, 0.1) is 11.4 Å². The molecule has 0 aliphatic rings. The molecule has 0 bridgehead atoms. The van der Waals surface area contributed by atoms with E-state index >= 15 is 0 Å². The van der Waals surface area contributed by atoms with Crippen molar-refractivity contribution in [3.05, 3.63) is 70.9 Å². The third-order valence-electron chi connectivity index (χ3n) is 5.83. The summed E-state index contributed by atoms with van der Waals surface area (Å²) < 4.78 is 1.77. The maximum absolute atomic E-state index is 13.1. The third-order valence-corrected chi connectivity index (χ3v) is 5.83. The Labute approximate surface area is 208 Å². The molecule has 0 saturated heterocycles. The highest BCUT2D eigenvalue weighted by molar-refractivity contribution is 5.97. The van der Waals surface area contributed by atoms with Gasteiger partial charge in [-0.1, -0.05) is 63.6 Å². The largest absolute Gasteiger partial charge is 0.322 e. The van der Waals surface area contributed by atoms with Crippen LogP contribution in [-0.2, 0) is 10.2 Å².